The Morgan fingerprint density at radius 2 is 1.53 bits per heavy atom. The molecule has 4 aromatic heterocycles. The van der Waals surface area contributed by atoms with E-state index < -0.39 is 0 Å². The summed E-state index contributed by atoms with van der Waals surface area (Å²) in [5.41, 5.74) is 4.11. The monoisotopic (exact) mass is 417 g/mol. The molecule has 152 valence electrons. The van der Waals surface area contributed by atoms with Gasteiger partial charge in [0.25, 0.3) is 5.56 Å². The molecule has 2 aromatic carbocycles. The summed E-state index contributed by atoms with van der Waals surface area (Å²) in [4.78, 5) is 31.7. The summed E-state index contributed by atoms with van der Waals surface area (Å²) in [6.45, 7) is 0. The van der Waals surface area contributed by atoms with Crippen molar-refractivity contribution in [2.75, 3.05) is 0 Å². The maximum Gasteiger partial charge on any atom is 0.269 e. The number of para-hydroxylation sites is 3. The van der Waals surface area contributed by atoms with Crippen LogP contribution < -0.4 is 5.56 Å². The summed E-state index contributed by atoms with van der Waals surface area (Å²) < 4.78 is 3.08. The van der Waals surface area contributed by atoms with E-state index in [4.69, 9.17) is 9.97 Å². The van der Waals surface area contributed by atoms with Crippen LogP contribution in [0.3, 0.4) is 0 Å². The molecule has 4 heterocycles. The van der Waals surface area contributed by atoms with E-state index in [0.717, 1.165) is 11.3 Å². The van der Waals surface area contributed by atoms with Crippen molar-refractivity contribution in [3.8, 4) is 5.69 Å². The minimum Gasteiger partial charge on any atom is -0.268 e. The topological polar surface area (TPSA) is 90.8 Å². The fourth-order valence-corrected chi connectivity index (χ4v) is 3.68. The van der Waals surface area contributed by atoms with Crippen molar-refractivity contribution in [3.63, 3.8) is 0 Å². The lowest BCUT2D eigenvalue weighted by molar-refractivity contribution is 0.906. The van der Waals surface area contributed by atoms with E-state index >= 15 is 0 Å². The average Bonchev–Trinajstić information content (AvgIpc) is 3.16. The molecular weight excluding hydrogens is 402 g/mol. The molecular formula is C24H15N7O. The zero-order valence-corrected chi connectivity index (χ0v) is 16.7. The lowest BCUT2D eigenvalue weighted by Gasteiger charge is -2.04. The van der Waals surface area contributed by atoms with Crippen molar-refractivity contribution in [2.45, 2.75) is 0 Å². The van der Waals surface area contributed by atoms with Crippen molar-refractivity contribution in [3.05, 3.63) is 101 Å². The summed E-state index contributed by atoms with van der Waals surface area (Å²) in [5.74, 6) is 0. The highest BCUT2D eigenvalue weighted by molar-refractivity contribution is 6.05. The van der Waals surface area contributed by atoms with Gasteiger partial charge in [0, 0.05) is 12.4 Å². The third-order valence-electron chi connectivity index (χ3n) is 5.20. The molecule has 0 amide bonds. The van der Waals surface area contributed by atoms with Gasteiger partial charge < -0.3 is 0 Å². The van der Waals surface area contributed by atoms with Crippen LogP contribution in [0.5, 0.6) is 0 Å². The Balaban J connectivity index is 1.70. The average molecular weight is 417 g/mol. The third-order valence-corrected chi connectivity index (χ3v) is 5.20. The van der Waals surface area contributed by atoms with Crippen LogP contribution in [0.1, 0.15) is 5.56 Å². The fraction of sp³-hybridized carbons (Fsp3) is 0. The molecule has 0 fully saturated rings. The second-order valence-corrected chi connectivity index (χ2v) is 7.18. The van der Waals surface area contributed by atoms with Crippen LogP contribution in [-0.4, -0.2) is 35.4 Å². The van der Waals surface area contributed by atoms with Gasteiger partial charge in [0.1, 0.15) is 17.2 Å². The molecule has 0 radical (unpaired) electrons. The molecule has 8 heteroatoms. The highest BCUT2D eigenvalue weighted by Gasteiger charge is 2.20. The molecule has 0 bridgehead atoms. The van der Waals surface area contributed by atoms with Crippen LogP contribution in [0.15, 0.2) is 95.3 Å². The number of nitrogens with zero attached hydrogens (tertiary/aromatic N) is 7. The van der Waals surface area contributed by atoms with Gasteiger partial charge in [-0.25, -0.2) is 15.0 Å². The van der Waals surface area contributed by atoms with Gasteiger partial charge in [0.15, 0.2) is 11.3 Å². The molecule has 0 aliphatic heterocycles. The summed E-state index contributed by atoms with van der Waals surface area (Å²) >= 11 is 0. The zero-order chi connectivity index (χ0) is 21.5. The summed E-state index contributed by atoms with van der Waals surface area (Å²) in [6.07, 6.45) is 6.58. The number of benzene rings is 2. The molecule has 0 saturated carbocycles. The van der Waals surface area contributed by atoms with Crippen molar-refractivity contribution < 1.29 is 0 Å². The smallest absolute Gasteiger partial charge is 0.268 e. The minimum absolute atomic E-state index is 0.228. The SMILES string of the molecule is O=c1c2c3nc4ccccc4nc3n(/N=C\c3ccncc3)c2ncn1-c1ccccc1. The van der Waals surface area contributed by atoms with Gasteiger partial charge in [-0.05, 0) is 42.0 Å². The number of hydrogen-bond donors (Lipinski definition) is 0. The first kappa shape index (κ1) is 18.1. The van der Waals surface area contributed by atoms with Crippen molar-refractivity contribution in [1.82, 2.24) is 29.2 Å². The van der Waals surface area contributed by atoms with E-state index in [0.29, 0.717) is 33.2 Å². The quantitative estimate of drug-likeness (QED) is 0.411. The zero-order valence-electron chi connectivity index (χ0n) is 16.7. The van der Waals surface area contributed by atoms with Crippen LogP contribution in [0.25, 0.3) is 38.9 Å². The summed E-state index contributed by atoms with van der Waals surface area (Å²) in [5, 5.41) is 4.97. The number of rotatable bonds is 3. The largest absolute Gasteiger partial charge is 0.269 e. The number of fused-ring (bicyclic) bond motifs is 4. The first-order valence-electron chi connectivity index (χ1n) is 9.98. The van der Waals surface area contributed by atoms with E-state index in [-0.39, 0.29) is 5.56 Å². The fourth-order valence-electron chi connectivity index (χ4n) is 3.68. The lowest BCUT2D eigenvalue weighted by atomic mass is 10.3. The van der Waals surface area contributed by atoms with Gasteiger partial charge in [-0.1, -0.05) is 30.3 Å². The van der Waals surface area contributed by atoms with Crippen molar-refractivity contribution in [2.24, 2.45) is 5.10 Å². The van der Waals surface area contributed by atoms with Gasteiger partial charge >= 0.3 is 0 Å². The molecule has 0 aliphatic rings. The van der Waals surface area contributed by atoms with E-state index in [9.17, 15) is 4.79 Å². The number of aromatic nitrogens is 6. The highest BCUT2D eigenvalue weighted by atomic mass is 16.1. The van der Waals surface area contributed by atoms with E-state index in [1.165, 1.54) is 10.9 Å². The molecule has 6 aromatic rings. The van der Waals surface area contributed by atoms with Crippen molar-refractivity contribution in [1.29, 1.82) is 0 Å². The molecule has 0 aliphatic carbocycles. The second-order valence-electron chi connectivity index (χ2n) is 7.18. The van der Waals surface area contributed by atoms with Gasteiger partial charge in [0.05, 0.1) is 22.9 Å². The molecule has 8 nitrogen and oxygen atoms in total. The van der Waals surface area contributed by atoms with Gasteiger partial charge in [-0.15, -0.1) is 0 Å². The molecule has 6 rings (SSSR count). The van der Waals surface area contributed by atoms with Gasteiger partial charge in [-0.2, -0.15) is 9.78 Å². The second kappa shape index (κ2) is 7.21. The Kier molecular flexibility index (Phi) is 4.07. The molecule has 32 heavy (non-hydrogen) atoms. The van der Waals surface area contributed by atoms with Crippen LogP contribution in [-0.2, 0) is 0 Å². The lowest BCUT2D eigenvalue weighted by Crippen LogP contribution is -2.18. The predicted octanol–water partition coefficient (Wildman–Crippen LogP) is 3.56. The normalized spacial score (nSPS) is 11.8. The first-order valence-corrected chi connectivity index (χ1v) is 9.98. The minimum atomic E-state index is -0.228. The summed E-state index contributed by atoms with van der Waals surface area (Å²) in [7, 11) is 0. The van der Waals surface area contributed by atoms with Crippen molar-refractivity contribution >= 4 is 39.4 Å². The maximum absolute atomic E-state index is 13.5. The van der Waals surface area contributed by atoms with E-state index in [1.807, 2.05) is 66.7 Å². The van der Waals surface area contributed by atoms with Crippen LogP contribution >= 0.6 is 0 Å². The molecule has 0 unspecified atom stereocenters. The van der Waals surface area contributed by atoms with E-state index in [1.54, 1.807) is 23.3 Å². The van der Waals surface area contributed by atoms with Crippen LogP contribution in [0.4, 0.5) is 0 Å². The Morgan fingerprint density at radius 3 is 2.31 bits per heavy atom. The Bertz CT molecular complexity index is 1690. The van der Waals surface area contributed by atoms with Crippen LogP contribution in [0.2, 0.25) is 0 Å². The number of pyridine rings is 1. The van der Waals surface area contributed by atoms with Gasteiger partial charge in [-0.3, -0.25) is 14.3 Å². The maximum atomic E-state index is 13.5. The standard InChI is InChI=1S/C24H15N7O/c32-24-20-21-23(29-19-9-5-4-8-18(19)28-21)31(27-14-16-10-12-25-13-11-16)22(20)26-15-30(24)17-6-2-1-3-7-17/h1-15H/b27-14-. The third kappa shape index (κ3) is 2.85. The molecule has 0 atom stereocenters. The van der Waals surface area contributed by atoms with Gasteiger partial charge in [0.2, 0.25) is 0 Å². The Labute approximate surface area is 181 Å². The Hall–Kier alpha value is -4.72. The number of hydrogen-bond acceptors (Lipinski definition) is 6. The molecule has 0 N–H and O–H groups in total. The molecule has 0 spiro atoms. The summed E-state index contributed by atoms with van der Waals surface area (Å²) in [6, 6.07) is 20.6. The van der Waals surface area contributed by atoms with Crippen LogP contribution in [0, 0.1) is 0 Å². The highest BCUT2D eigenvalue weighted by Crippen LogP contribution is 2.25. The molecule has 0 saturated heterocycles. The van der Waals surface area contributed by atoms with E-state index in [2.05, 4.69) is 15.1 Å². The Morgan fingerprint density at radius 1 is 0.812 bits per heavy atom. The first-order chi connectivity index (χ1) is 15.8. The predicted molar refractivity (Wildman–Crippen MR) is 123 cm³/mol.